The molecule has 0 aliphatic carbocycles. The second-order valence-corrected chi connectivity index (χ2v) is 3.42. The van der Waals surface area contributed by atoms with Crippen LogP contribution in [0, 0.1) is 13.8 Å². The normalized spacial score (nSPS) is 21.4. The summed E-state index contributed by atoms with van der Waals surface area (Å²) in [4.78, 5) is 4.54. The summed E-state index contributed by atoms with van der Waals surface area (Å²) >= 11 is 0. The van der Waals surface area contributed by atoms with E-state index >= 15 is 0 Å². The van der Waals surface area contributed by atoms with E-state index in [1.807, 2.05) is 7.05 Å². The van der Waals surface area contributed by atoms with E-state index in [2.05, 4.69) is 28.7 Å². The first-order chi connectivity index (χ1) is 5.74. The van der Waals surface area contributed by atoms with Gasteiger partial charge in [0.2, 0.25) is 0 Å². The summed E-state index contributed by atoms with van der Waals surface area (Å²) in [6.45, 7) is 5.34. The van der Waals surface area contributed by atoms with Crippen molar-refractivity contribution in [2.24, 2.45) is 0 Å². The Kier molecular flexibility index (Phi) is 1.68. The number of aryl methyl sites for hydroxylation is 1. The summed E-state index contributed by atoms with van der Waals surface area (Å²) in [6.07, 6.45) is 1.18. The van der Waals surface area contributed by atoms with Gasteiger partial charge in [0.05, 0.1) is 11.7 Å². The van der Waals surface area contributed by atoms with Gasteiger partial charge >= 0.3 is 0 Å². The minimum absolute atomic E-state index is 0.470. The standard InChI is InChI=1S/C9H15N3/c1-6-7(2)12-5-4-8(10-3)9(12)11-6/h8,10H,4-5H2,1-3H3. The quantitative estimate of drug-likeness (QED) is 0.677. The minimum atomic E-state index is 0.470. The van der Waals surface area contributed by atoms with Gasteiger partial charge < -0.3 is 9.88 Å². The molecule has 1 aliphatic rings. The lowest BCUT2D eigenvalue weighted by atomic mass is 10.2. The third kappa shape index (κ3) is 0.894. The zero-order valence-corrected chi connectivity index (χ0v) is 7.89. The van der Waals surface area contributed by atoms with Crippen molar-refractivity contribution >= 4 is 0 Å². The summed E-state index contributed by atoms with van der Waals surface area (Å²) in [7, 11) is 2.00. The Hall–Kier alpha value is -0.830. The zero-order valence-electron chi connectivity index (χ0n) is 7.89. The lowest BCUT2D eigenvalue weighted by Gasteiger charge is -2.04. The molecule has 1 aliphatic heterocycles. The van der Waals surface area contributed by atoms with Gasteiger partial charge in [-0.05, 0) is 27.3 Å². The maximum Gasteiger partial charge on any atom is 0.126 e. The van der Waals surface area contributed by atoms with Crippen molar-refractivity contribution in [2.75, 3.05) is 7.05 Å². The Balaban J connectivity index is 2.46. The molecule has 0 aromatic carbocycles. The average Bonchev–Trinajstić information content (AvgIpc) is 2.55. The van der Waals surface area contributed by atoms with Crippen LogP contribution in [0.1, 0.15) is 29.7 Å². The molecule has 2 rings (SSSR count). The van der Waals surface area contributed by atoms with E-state index in [0.717, 1.165) is 6.54 Å². The first kappa shape index (κ1) is 7.80. The van der Waals surface area contributed by atoms with Gasteiger partial charge in [-0.25, -0.2) is 4.98 Å². The van der Waals surface area contributed by atoms with Crippen LogP contribution in [-0.4, -0.2) is 16.6 Å². The first-order valence-corrected chi connectivity index (χ1v) is 4.45. The lowest BCUT2D eigenvalue weighted by Crippen LogP contribution is -2.13. The van der Waals surface area contributed by atoms with Gasteiger partial charge in [0.1, 0.15) is 5.82 Å². The predicted molar refractivity (Wildman–Crippen MR) is 48.1 cm³/mol. The number of rotatable bonds is 1. The highest BCUT2D eigenvalue weighted by molar-refractivity contribution is 5.18. The van der Waals surface area contributed by atoms with Crippen LogP contribution in [0.4, 0.5) is 0 Å². The predicted octanol–water partition coefficient (Wildman–Crippen LogP) is 1.16. The topological polar surface area (TPSA) is 29.9 Å². The second-order valence-electron chi connectivity index (χ2n) is 3.42. The molecule has 0 amide bonds. The Morgan fingerprint density at radius 3 is 2.92 bits per heavy atom. The van der Waals surface area contributed by atoms with Crippen molar-refractivity contribution in [1.82, 2.24) is 14.9 Å². The molecule has 1 N–H and O–H groups in total. The van der Waals surface area contributed by atoms with E-state index in [4.69, 9.17) is 0 Å². The van der Waals surface area contributed by atoms with Crippen LogP contribution in [-0.2, 0) is 6.54 Å². The fourth-order valence-corrected chi connectivity index (χ4v) is 1.89. The first-order valence-electron chi connectivity index (χ1n) is 4.45. The molecule has 1 atom stereocenters. The average molecular weight is 165 g/mol. The fraction of sp³-hybridized carbons (Fsp3) is 0.667. The van der Waals surface area contributed by atoms with Crippen molar-refractivity contribution in [3.8, 4) is 0 Å². The summed E-state index contributed by atoms with van der Waals surface area (Å²) in [5, 5.41) is 3.28. The molecule has 0 saturated heterocycles. The van der Waals surface area contributed by atoms with Crippen molar-refractivity contribution in [2.45, 2.75) is 32.9 Å². The fourth-order valence-electron chi connectivity index (χ4n) is 1.89. The number of imidazole rings is 1. The number of nitrogens with zero attached hydrogens (tertiary/aromatic N) is 2. The highest BCUT2D eigenvalue weighted by atomic mass is 15.2. The molecule has 0 spiro atoms. The smallest absolute Gasteiger partial charge is 0.126 e. The molecule has 3 nitrogen and oxygen atoms in total. The van der Waals surface area contributed by atoms with Gasteiger partial charge in [-0.2, -0.15) is 0 Å². The van der Waals surface area contributed by atoms with E-state index in [-0.39, 0.29) is 0 Å². The van der Waals surface area contributed by atoms with Crippen LogP contribution in [0.25, 0.3) is 0 Å². The van der Waals surface area contributed by atoms with E-state index in [1.54, 1.807) is 0 Å². The van der Waals surface area contributed by atoms with Gasteiger partial charge in [0.25, 0.3) is 0 Å². The molecule has 1 unspecified atom stereocenters. The van der Waals surface area contributed by atoms with E-state index in [9.17, 15) is 0 Å². The van der Waals surface area contributed by atoms with Crippen LogP contribution >= 0.6 is 0 Å². The molecular weight excluding hydrogens is 150 g/mol. The molecule has 0 bridgehead atoms. The Morgan fingerprint density at radius 1 is 1.50 bits per heavy atom. The second kappa shape index (κ2) is 2.59. The molecule has 0 fully saturated rings. The molecular formula is C9H15N3. The van der Waals surface area contributed by atoms with Crippen LogP contribution in [0.3, 0.4) is 0 Å². The summed E-state index contributed by atoms with van der Waals surface area (Å²) in [5.74, 6) is 1.22. The van der Waals surface area contributed by atoms with Crippen molar-refractivity contribution in [1.29, 1.82) is 0 Å². The highest BCUT2D eigenvalue weighted by Gasteiger charge is 2.24. The van der Waals surface area contributed by atoms with Gasteiger partial charge in [-0.15, -0.1) is 0 Å². The molecule has 1 aromatic rings. The van der Waals surface area contributed by atoms with Crippen LogP contribution < -0.4 is 5.32 Å². The highest BCUT2D eigenvalue weighted by Crippen LogP contribution is 2.26. The number of hydrogen-bond acceptors (Lipinski definition) is 2. The monoisotopic (exact) mass is 165 g/mol. The lowest BCUT2D eigenvalue weighted by molar-refractivity contribution is 0.574. The van der Waals surface area contributed by atoms with Crippen molar-refractivity contribution in [3.63, 3.8) is 0 Å². The molecule has 3 heteroatoms. The Labute approximate surface area is 72.8 Å². The summed E-state index contributed by atoms with van der Waals surface area (Å²) < 4.78 is 2.32. The minimum Gasteiger partial charge on any atom is -0.331 e. The number of fused-ring (bicyclic) bond motifs is 1. The zero-order chi connectivity index (χ0) is 8.72. The van der Waals surface area contributed by atoms with Gasteiger partial charge in [0.15, 0.2) is 0 Å². The molecule has 0 radical (unpaired) electrons. The third-order valence-electron chi connectivity index (χ3n) is 2.79. The summed E-state index contributed by atoms with van der Waals surface area (Å²) in [5.41, 5.74) is 2.49. The van der Waals surface area contributed by atoms with E-state index in [0.29, 0.717) is 6.04 Å². The molecule has 1 aromatic heterocycles. The Bertz CT molecular complexity index is 301. The van der Waals surface area contributed by atoms with E-state index < -0.39 is 0 Å². The molecule has 66 valence electrons. The molecule has 2 heterocycles. The SMILES string of the molecule is CNC1CCn2c1nc(C)c2C. The van der Waals surface area contributed by atoms with Crippen molar-refractivity contribution < 1.29 is 0 Å². The largest absolute Gasteiger partial charge is 0.331 e. The van der Waals surface area contributed by atoms with Gasteiger partial charge in [-0.3, -0.25) is 0 Å². The van der Waals surface area contributed by atoms with Crippen LogP contribution in [0.5, 0.6) is 0 Å². The van der Waals surface area contributed by atoms with Crippen molar-refractivity contribution in [3.05, 3.63) is 17.2 Å². The van der Waals surface area contributed by atoms with Crippen LogP contribution in [0.15, 0.2) is 0 Å². The third-order valence-corrected chi connectivity index (χ3v) is 2.79. The van der Waals surface area contributed by atoms with Gasteiger partial charge in [-0.1, -0.05) is 0 Å². The van der Waals surface area contributed by atoms with Crippen LogP contribution in [0.2, 0.25) is 0 Å². The molecule has 0 saturated carbocycles. The number of aromatic nitrogens is 2. The summed E-state index contributed by atoms with van der Waals surface area (Å²) in [6, 6.07) is 0.470. The van der Waals surface area contributed by atoms with E-state index in [1.165, 1.54) is 23.6 Å². The number of nitrogens with one attached hydrogen (secondary N) is 1. The Morgan fingerprint density at radius 2 is 2.25 bits per heavy atom. The van der Waals surface area contributed by atoms with Gasteiger partial charge in [0, 0.05) is 12.2 Å². The molecule has 12 heavy (non-hydrogen) atoms. The maximum absolute atomic E-state index is 4.54. The number of hydrogen-bond donors (Lipinski definition) is 1. The maximum atomic E-state index is 4.54.